The molecule has 0 aliphatic rings. The summed E-state index contributed by atoms with van der Waals surface area (Å²) in [5.41, 5.74) is 5.68. The molecule has 0 fully saturated rings. The number of anilines is 3. The molecule has 0 radical (unpaired) electrons. The highest BCUT2D eigenvalue weighted by Gasteiger charge is 2.12. The number of benzene rings is 3. The van der Waals surface area contributed by atoms with Gasteiger partial charge in [0.2, 0.25) is 0 Å². The van der Waals surface area contributed by atoms with E-state index in [1.54, 1.807) is 11.3 Å². The minimum Gasteiger partial charge on any atom is -0.494 e. The van der Waals surface area contributed by atoms with Crippen LogP contribution in [0.15, 0.2) is 92.5 Å². The Bertz CT molecular complexity index is 1280. The molecule has 0 aliphatic heterocycles. The summed E-state index contributed by atoms with van der Waals surface area (Å²) < 4.78 is 8.30. The van der Waals surface area contributed by atoms with Crippen molar-refractivity contribution in [1.29, 1.82) is 0 Å². The first-order valence-corrected chi connectivity index (χ1v) is 16.4. The molecule has 5 heteroatoms. The van der Waals surface area contributed by atoms with Crippen LogP contribution in [0.25, 0.3) is 12.2 Å². The molecular formula is C34H37Br2NOS. The van der Waals surface area contributed by atoms with Gasteiger partial charge >= 0.3 is 0 Å². The van der Waals surface area contributed by atoms with Gasteiger partial charge in [0.15, 0.2) is 0 Å². The van der Waals surface area contributed by atoms with E-state index in [9.17, 15) is 0 Å². The Balaban J connectivity index is 1.38. The van der Waals surface area contributed by atoms with Crippen molar-refractivity contribution in [2.24, 2.45) is 0 Å². The van der Waals surface area contributed by atoms with Crippen molar-refractivity contribution in [1.82, 2.24) is 0 Å². The van der Waals surface area contributed by atoms with Gasteiger partial charge in [-0.2, -0.15) is 0 Å². The van der Waals surface area contributed by atoms with Crippen molar-refractivity contribution in [3.8, 4) is 5.75 Å². The number of para-hydroxylation sites is 1. The minimum absolute atomic E-state index is 0.782. The van der Waals surface area contributed by atoms with Crippen molar-refractivity contribution in [2.75, 3.05) is 11.5 Å². The molecule has 0 unspecified atom stereocenters. The molecule has 4 aromatic rings. The van der Waals surface area contributed by atoms with Crippen LogP contribution in [0.1, 0.15) is 69.4 Å². The second-order valence-electron chi connectivity index (χ2n) is 9.69. The number of halogens is 2. The maximum atomic E-state index is 6.05. The molecule has 0 aliphatic carbocycles. The minimum atomic E-state index is 0.782. The number of hydrogen-bond donors (Lipinski definition) is 0. The van der Waals surface area contributed by atoms with Gasteiger partial charge in [-0.25, -0.2) is 0 Å². The summed E-state index contributed by atoms with van der Waals surface area (Å²) in [6, 6.07) is 29.8. The molecule has 0 amide bonds. The van der Waals surface area contributed by atoms with E-state index in [1.807, 2.05) is 0 Å². The van der Waals surface area contributed by atoms with Gasteiger partial charge in [0, 0.05) is 22.6 Å². The first-order valence-electron chi connectivity index (χ1n) is 13.9. The number of thiophene rings is 1. The Morgan fingerprint density at radius 3 is 1.90 bits per heavy atom. The Morgan fingerprint density at radius 2 is 1.28 bits per heavy atom. The Labute approximate surface area is 255 Å². The highest BCUT2D eigenvalue weighted by molar-refractivity contribution is 9.12. The topological polar surface area (TPSA) is 12.5 Å². The quantitative estimate of drug-likeness (QED) is 0.117. The van der Waals surface area contributed by atoms with Gasteiger partial charge in [0.25, 0.3) is 0 Å². The van der Waals surface area contributed by atoms with Crippen LogP contribution in [0.5, 0.6) is 5.75 Å². The number of ether oxygens (including phenoxy) is 1. The maximum Gasteiger partial charge on any atom is 0.119 e. The number of rotatable bonds is 15. The lowest BCUT2D eigenvalue weighted by molar-refractivity contribution is 0.304. The molecule has 0 N–H and O–H groups in total. The third-order valence-corrected chi connectivity index (χ3v) is 9.05. The summed E-state index contributed by atoms with van der Waals surface area (Å²) in [7, 11) is 0. The monoisotopic (exact) mass is 665 g/mol. The van der Waals surface area contributed by atoms with Crippen LogP contribution in [0, 0.1) is 0 Å². The molecule has 4 rings (SSSR count). The van der Waals surface area contributed by atoms with Gasteiger partial charge < -0.3 is 9.64 Å². The van der Waals surface area contributed by atoms with Gasteiger partial charge in [-0.15, -0.1) is 11.3 Å². The van der Waals surface area contributed by atoms with Crippen molar-refractivity contribution < 1.29 is 4.74 Å². The largest absolute Gasteiger partial charge is 0.494 e. The van der Waals surface area contributed by atoms with Crippen LogP contribution < -0.4 is 9.64 Å². The fourth-order valence-corrected chi connectivity index (χ4v) is 7.28. The molecule has 0 saturated heterocycles. The van der Waals surface area contributed by atoms with E-state index in [0.717, 1.165) is 49.0 Å². The van der Waals surface area contributed by atoms with Crippen molar-refractivity contribution in [3.63, 3.8) is 0 Å². The third kappa shape index (κ3) is 9.37. The van der Waals surface area contributed by atoms with Crippen molar-refractivity contribution in [2.45, 2.75) is 58.3 Å². The molecule has 1 heterocycles. The van der Waals surface area contributed by atoms with E-state index in [1.165, 1.54) is 50.5 Å². The van der Waals surface area contributed by atoms with Crippen molar-refractivity contribution >= 4 is 72.4 Å². The summed E-state index contributed by atoms with van der Waals surface area (Å²) in [6.45, 7) is 3.05. The highest BCUT2D eigenvalue weighted by Crippen LogP contribution is 2.36. The van der Waals surface area contributed by atoms with E-state index in [0.29, 0.717) is 0 Å². The van der Waals surface area contributed by atoms with Crippen LogP contribution in [-0.4, -0.2) is 6.61 Å². The Morgan fingerprint density at radius 1 is 0.692 bits per heavy atom. The zero-order chi connectivity index (χ0) is 27.3. The normalized spacial score (nSPS) is 11.3. The Hall–Kier alpha value is -2.34. The molecule has 1 aromatic heterocycles. The Kier molecular flexibility index (Phi) is 12.2. The van der Waals surface area contributed by atoms with Gasteiger partial charge in [-0.3, -0.25) is 0 Å². The standard InChI is InChI=1S/C34H37Br2NOS/c1-2-3-4-5-6-7-8-12-25-38-32-23-21-31(22-24-32)37(29-13-10-9-11-14-29)30-19-16-27(17-20-30)15-18-28-26-33(35)39-34(28)36/h9-11,13-24,26H,2-8,12,25H2,1H3. The fraction of sp³-hybridized carbons (Fsp3) is 0.294. The van der Waals surface area contributed by atoms with Crippen LogP contribution >= 0.6 is 43.2 Å². The zero-order valence-electron chi connectivity index (χ0n) is 22.6. The average molecular weight is 668 g/mol. The summed E-state index contributed by atoms with van der Waals surface area (Å²) in [6.07, 6.45) is 14.8. The molecule has 2 nitrogen and oxygen atoms in total. The molecular weight excluding hydrogens is 630 g/mol. The molecule has 0 saturated carbocycles. The number of hydrogen-bond acceptors (Lipinski definition) is 3. The lowest BCUT2D eigenvalue weighted by Gasteiger charge is -2.25. The first-order chi connectivity index (χ1) is 19.1. The number of nitrogens with zero attached hydrogens (tertiary/aromatic N) is 1. The van der Waals surface area contributed by atoms with Crippen LogP contribution in [-0.2, 0) is 0 Å². The van der Waals surface area contributed by atoms with Crippen molar-refractivity contribution in [3.05, 3.63) is 104 Å². The van der Waals surface area contributed by atoms with E-state index < -0.39 is 0 Å². The molecule has 0 spiro atoms. The number of unbranched alkanes of at least 4 members (excludes halogenated alkanes) is 7. The third-order valence-electron chi connectivity index (χ3n) is 6.67. The molecule has 0 bridgehead atoms. The lowest BCUT2D eigenvalue weighted by Crippen LogP contribution is -2.09. The van der Waals surface area contributed by atoms with Gasteiger partial charge in [0.1, 0.15) is 5.75 Å². The molecule has 204 valence electrons. The SMILES string of the molecule is CCCCCCCCCCOc1ccc(N(c2ccccc2)c2ccc(C=Cc3cc(Br)sc3Br)cc2)cc1. The van der Waals surface area contributed by atoms with Gasteiger partial charge in [-0.05, 0) is 98.4 Å². The molecule has 3 aromatic carbocycles. The van der Waals surface area contributed by atoms with Crippen LogP contribution in [0.3, 0.4) is 0 Å². The van der Waals surface area contributed by atoms with Crippen LogP contribution in [0.2, 0.25) is 0 Å². The smallest absolute Gasteiger partial charge is 0.119 e. The lowest BCUT2D eigenvalue weighted by atomic mass is 10.1. The van der Waals surface area contributed by atoms with E-state index >= 15 is 0 Å². The maximum absolute atomic E-state index is 6.05. The van der Waals surface area contributed by atoms with E-state index in [-0.39, 0.29) is 0 Å². The molecule has 0 atom stereocenters. The fourth-order valence-electron chi connectivity index (χ4n) is 4.53. The predicted octanol–water partition coefficient (Wildman–Crippen LogP) is 12.4. The van der Waals surface area contributed by atoms with Gasteiger partial charge in [-0.1, -0.05) is 94.4 Å². The second kappa shape index (κ2) is 16.1. The molecule has 39 heavy (non-hydrogen) atoms. The highest BCUT2D eigenvalue weighted by atomic mass is 79.9. The summed E-state index contributed by atoms with van der Waals surface area (Å²) in [5, 5.41) is 0. The van der Waals surface area contributed by atoms with E-state index in [2.05, 4.69) is 141 Å². The average Bonchev–Trinajstić information content (AvgIpc) is 3.29. The van der Waals surface area contributed by atoms with Gasteiger partial charge in [0.05, 0.1) is 14.2 Å². The first kappa shape index (κ1) is 29.6. The van der Waals surface area contributed by atoms with Crippen LogP contribution in [0.4, 0.5) is 17.1 Å². The summed E-state index contributed by atoms with van der Waals surface area (Å²) >= 11 is 8.87. The predicted molar refractivity (Wildman–Crippen MR) is 178 cm³/mol. The summed E-state index contributed by atoms with van der Waals surface area (Å²) in [4.78, 5) is 2.28. The second-order valence-corrected chi connectivity index (χ2v) is 13.4. The summed E-state index contributed by atoms with van der Waals surface area (Å²) in [5.74, 6) is 0.932. The van der Waals surface area contributed by atoms with E-state index in [4.69, 9.17) is 4.74 Å². The zero-order valence-corrected chi connectivity index (χ0v) is 26.6.